The van der Waals surface area contributed by atoms with Crippen molar-refractivity contribution in [1.29, 1.82) is 0 Å². The summed E-state index contributed by atoms with van der Waals surface area (Å²) in [5.74, 6) is 0.157. The predicted molar refractivity (Wildman–Crippen MR) is 83.0 cm³/mol. The van der Waals surface area contributed by atoms with E-state index in [9.17, 15) is 13.2 Å². The quantitative estimate of drug-likeness (QED) is 0.837. The Balaban J connectivity index is 2.85. The van der Waals surface area contributed by atoms with Crippen LogP contribution < -0.4 is 5.32 Å². The van der Waals surface area contributed by atoms with Crippen LogP contribution in [0.3, 0.4) is 0 Å². The molecule has 1 aromatic rings. The number of thiophene rings is 1. The fourth-order valence-electron chi connectivity index (χ4n) is 1.42. The predicted octanol–water partition coefficient (Wildman–Crippen LogP) is 3.40. The van der Waals surface area contributed by atoms with Crippen LogP contribution in [0.1, 0.15) is 42.2 Å². The van der Waals surface area contributed by atoms with Crippen molar-refractivity contribution >= 4 is 37.0 Å². The first-order valence-electron chi connectivity index (χ1n) is 6.28. The Bertz CT molecular complexity index is 603. The molecule has 0 aromatic carbocycles. The largest absolute Gasteiger partial charge is 0.351 e. The van der Waals surface area contributed by atoms with Crippen LogP contribution in [0.15, 0.2) is 11.0 Å². The van der Waals surface area contributed by atoms with Gasteiger partial charge >= 0.3 is 0 Å². The van der Waals surface area contributed by atoms with Gasteiger partial charge in [-0.15, -0.1) is 11.3 Å². The second-order valence-electron chi connectivity index (χ2n) is 5.79. The van der Waals surface area contributed by atoms with Gasteiger partial charge in [-0.05, 0) is 24.3 Å². The summed E-state index contributed by atoms with van der Waals surface area (Å²) < 4.78 is 22.7. The molecule has 1 rings (SSSR count). The minimum Gasteiger partial charge on any atom is -0.351 e. The monoisotopic (exact) mass is 337 g/mol. The lowest BCUT2D eigenvalue weighted by Crippen LogP contribution is -2.36. The summed E-state index contributed by atoms with van der Waals surface area (Å²) in [5, 5.41) is 2.85. The third-order valence-corrected chi connectivity index (χ3v) is 6.25. The van der Waals surface area contributed by atoms with Gasteiger partial charge in [-0.25, -0.2) is 8.42 Å². The molecule has 1 N–H and O–H groups in total. The van der Waals surface area contributed by atoms with Crippen LogP contribution in [0, 0.1) is 18.3 Å². The maximum absolute atomic E-state index is 12.1. The first-order valence-corrected chi connectivity index (χ1v) is 9.41. The number of aryl methyl sites for hydroxylation is 1. The molecule has 20 heavy (non-hydrogen) atoms. The van der Waals surface area contributed by atoms with Crippen LogP contribution in [0.2, 0.25) is 0 Å². The lowest BCUT2D eigenvalue weighted by atomic mass is 9.81. The van der Waals surface area contributed by atoms with Crippen molar-refractivity contribution in [3.05, 3.63) is 15.8 Å². The number of nitrogens with one attached hydrogen (secondary N) is 1. The van der Waals surface area contributed by atoms with Crippen molar-refractivity contribution in [2.75, 3.05) is 6.54 Å². The maximum atomic E-state index is 12.1. The van der Waals surface area contributed by atoms with E-state index in [0.717, 1.165) is 11.3 Å². The van der Waals surface area contributed by atoms with Crippen molar-refractivity contribution in [2.24, 2.45) is 11.3 Å². The zero-order valence-electron chi connectivity index (χ0n) is 12.3. The Kier molecular flexibility index (Phi) is 5.27. The Morgan fingerprint density at radius 1 is 1.45 bits per heavy atom. The van der Waals surface area contributed by atoms with Crippen molar-refractivity contribution in [2.45, 2.75) is 39.5 Å². The number of halogens is 1. The van der Waals surface area contributed by atoms with Gasteiger partial charge in [0, 0.05) is 22.1 Å². The molecule has 1 heterocycles. The first kappa shape index (κ1) is 17.5. The van der Waals surface area contributed by atoms with Crippen LogP contribution in [-0.2, 0) is 9.05 Å². The van der Waals surface area contributed by atoms with Crippen LogP contribution in [0.5, 0.6) is 0 Å². The van der Waals surface area contributed by atoms with Crippen LogP contribution in [-0.4, -0.2) is 20.9 Å². The highest BCUT2D eigenvalue weighted by Gasteiger charge is 2.25. The summed E-state index contributed by atoms with van der Waals surface area (Å²) >= 11 is 1.13. The Hall–Kier alpha value is -0.590. The van der Waals surface area contributed by atoms with Gasteiger partial charge in [0.2, 0.25) is 0 Å². The second kappa shape index (κ2) is 6.03. The topological polar surface area (TPSA) is 63.2 Å². The minimum absolute atomic E-state index is 0.0115. The Labute approximate surface area is 129 Å². The Morgan fingerprint density at radius 3 is 2.40 bits per heavy atom. The van der Waals surface area contributed by atoms with E-state index in [2.05, 4.69) is 33.0 Å². The van der Waals surface area contributed by atoms with E-state index in [1.165, 1.54) is 6.07 Å². The summed E-state index contributed by atoms with van der Waals surface area (Å²) in [5.41, 5.74) is -0.0244. The summed E-state index contributed by atoms with van der Waals surface area (Å²) in [6, 6.07) is 1.33. The van der Waals surface area contributed by atoms with E-state index in [1.54, 1.807) is 6.92 Å². The van der Waals surface area contributed by atoms with Gasteiger partial charge in [0.1, 0.15) is 0 Å². The molecule has 0 aliphatic rings. The van der Waals surface area contributed by atoms with E-state index in [4.69, 9.17) is 10.7 Å². The molecular weight excluding hydrogens is 318 g/mol. The average Bonchev–Trinajstić information content (AvgIpc) is 2.68. The number of hydrogen-bond acceptors (Lipinski definition) is 4. The van der Waals surface area contributed by atoms with Crippen LogP contribution in [0.25, 0.3) is 0 Å². The van der Waals surface area contributed by atoms with E-state index in [0.29, 0.717) is 22.2 Å². The summed E-state index contributed by atoms with van der Waals surface area (Å²) in [7, 11) is 1.52. The average molecular weight is 338 g/mol. The van der Waals surface area contributed by atoms with Gasteiger partial charge in [0.05, 0.1) is 9.77 Å². The SMILES string of the molecule is Cc1sc(C(=O)NCC(C)(C)C(C)C)cc1S(=O)(=O)Cl. The van der Waals surface area contributed by atoms with Crippen molar-refractivity contribution < 1.29 is 13.2 Å². The summed E-state index contributed by atoms with van der Waals surface area (Å²) in [4.78, 5) is 13.0. The molecule has 1 amide bonds. The molecule has 0 aliphatic carbocycles. The molecule has 1 aromatic heterocycles. The molecule has 0 unspecified atom stereocenters. The molecule has 0 atom stereocenters. The highest BCUT2D eigenvalue weighted by molar-refractivity contribution is 8.13. The van der Waals surface area contributed by atoms with Crippen LogP contribution >= 0.6 is 22.0 Å². The second-order valence-corrected chi connectivity index (χ2v) is 9.59. The number of carbonyl (C=O) groups is 1. The molecule has 0 radical (unpaired) electrons. The third kappa shape index (κ3) is 4.20. The van der Waals surface area contributed by atoms with E-state index >= 15 is 0 Å². The van der Waals surface area contributed by atoms with Gasteiger partial charge in [-0.1, -0.05) is 27.7 Å². The fourth-order valence-corrected chi connectivity index (χ4v) is 4.00. The molecule has 0 spiro atoms. The van der Waals surface area contributed by atoms with Gasteiger partial charge in [-0.2, -0.15) is 0 Å². The zero-order valence-corrected chi connectivity index (χ0v) is 14.7. The van der Waals surface area contributed by atoms with Crippen molar-refractivity contribution in [3.63, 3.8) is 0 Å². The molecule has 0 saturated heterocycles. The minimum atomic E-state index is -3.80. The van der Waals surface area contributed by atoms with E-state index in [-0.39, 0.29) is 16.2 Å². The number of hydrogen-bond donors (Lipinski definition) is 1. The van der Waals surface area contributed by atoms with Gasteiger partial charge in [0.25, 0.3) is 15.0 Å². The molecular formula is C13H20ClNO3S2. The summed E-state index contributed by atoms with van der Waals surface area (Å²) in [6.45, 7) is 10.5. The Morgan fingerprint density at radius 2 is 2.00 bits per heavy atom. The maximum Gasteiger partial charge on any atom is 0.262 e. The number of rotatable bonds is 5. The van der Waals surface area contributed by atoms with E-state index in [1.807, 2.05) is 0 Å². The van der Waals surface area contributed by atoms with Gasteiger partial charge in [-0.3, -0.25) is 4.79 Å². The number of amides is 1. The third-order valence-electron chi connectivity index (χ3n) is 3.63. The highest BCUT2D eigenvalue weighted by Crippen LogP contribution is 2.29. The van der Waals surface area contributed by atoms with Crippen molar-refractivity contribution in [1.82, 2.24) is 5.32 Å². The molecule has 4 nitrogen and oxygen atoms in total. The number of carbonyl (C=O) groups excluding carboxylic acids is 1. The van der Waals surface area contributed by atoms with Crippen molar-refractivity contribution in [3.8, 4) is 0 Å². The zero-order chi connectivity index (χ0) is 15.7. The summed E-state index contributed by atoms with van der Waals surface area (Å²) in [6.07, 6.45) is 0. The fraction of sp³-hybridized carbons (Fsp3) is 0.615. The molecule has 0 bridgehead atoms. The normalized spacial score (nSPS) is 12.8. The lowest BCUT2D eigenvalue weighted by molar-refractivity contribution is 0.0929. The molecule has 7 heteroatoms. The van der Waals surface area contributed by atoms with Gasteiger partial charge in [0.15, 0.2) is 0 Å². The molecule has 114 valence electrons. The molecule has 0 aliphatic heterocycles. The molecule has 0 saturated carbocycles. The molecule has 0 fully saturated rings. The lowest BCUT2D eigenvalue weighted by Gasteiger charge is -2.29. The van der Waals surface area contributed by atoms with E-state index < -0.39 is 9.05 Å². The smallest absolute Gasteiger partial charge is 0.262 e. The van der Waals surface area contributed by atoms with Crippen LogP contribution in [0.4, 0.5) is 0 Å². The van der Waals surface area contributed by atoms with Gasteiger partial charge < -0.3 is 5.32 Å². The first-order chi connectivity index (χ1) is 8.95. The highest BCUT2D eigenvalue weighted by atomic mass is 35.7. The standard InChI is InChI=1S/C13H20ClNO3S2/c1-8(2)13(4,5)7-15-12(16)10-6-11(9(3)19-10)20(14,17)18/h6,8H,7H2,1-5H3,(H,15,16).